The molecule has 1 rings (SSSR count). The molecular formula is C6H4BrKO. The monoisotopic (exact) mass is 210 g/mol. The molecule has 0 unspecified atom stereocenters. The number of hydrogen-bond acceptors (Lipinski definition) is 1. The first-order chi connectivity index (χ1) is 3.79. The minimum atomic E-state index is 0. The van der Waals surface area contributed by atoms with Crippen molar-refractivity contribution < 1.29 is 56.5 Å². The summed E-state index contributed by atoms with van der Waals surface area (Å²) in [7, 11) is 0. The van der Waals surface area contributed by atoms with Crippen molar-refractivity contribution in [3.05, 3.63) is 28.7 Å². The summed E-state index contributed by atoms with van der Waals surface area (Å²) in [6.07, 6.45) is 0. The number of halogens is 1. The zero-order valence-electron chi connectivity index (χ0n) is 5.10. The van der Waals surface area contributed by atoms with Gasteiger partial charge in [0.25, 0.3) is 0 Å². The smallest absolute Gasteiger partial charge is 0.872 e. The molecule has 42 valence electrons. The molecular weight excluding hydrogens is 207 g/mol. The molecule has 0 aliphatic rings. The van der Waals surface area contributed by atoms with Crippen LogP contribution in [0.3, 0.4) is 0 Å². The third kappa shape index (κ3) is 3.75. The Kier molecular flexibility index (Phi) is 5.49. The zero-order valence-corrected chi connectivity index (χ0v) is 9.80. The van der Waals surface area contributed by atoms with Crippen LogP contribution in [0.2, 0.25) is 0 Å². The molecule has 1 aromatic carbocycles. The van der Waals surface area contributed by atoms with E-state index >= 15 is 0 Å². The number of hydrogen-bond donors (Lipinski definition) is 0. The van der Waals surface area contributed by atoms with E-state index in [4.69, 9.17) is 0 Å². The molecule has 0 spiro atoms. The Hall–Kier alpha value is 1.14. The van der Waals surface area contributed by atoms with Crippen LogP contribution in [0, 0.1) is 0 Å². The molecule has 0 aliphatic carbocycles. The van der Waals surface area contributed by atoms with Gasteiger partial charge in [-0.3, -0.25) is 0 Å². The first-order valence-electron chi connectivity index (χ1n) is 2.21. The molecule has 0 atom stereocenters. The van der Waals surface area contributed by atoms with Gasteiger partial charge in [0, 0.05) is 4.47 Å². The minimum absolute atomic E-state index is 0. The second kappa shape index (κ2) is 4.88. The van der Waals surface area contributed by atoms with E-state index in [1.165, 1.54) is 12.1 Å². The summed E-state index contributed by atoms with van der Waals surface area (Å²) >= 11 is 3.16. The maximum Gasteiger partial charge on any atom is 1.00 e. The van der Waals surface area contributed by atoms with Crippen molar-refractivity contribution in [1.82, 2.24) is 0 Å². The average Bonchev–Trinajstić information content (AvgIpc) is 1.64. The van der Waals surface area contributed by atoms with Crippen LogP contribution in [0.1, 0.15) is 0 Å². The molecule has 0 aliphatic heterocycles. The van der Waals surface area contributed by atoms with E-state index in [-0.39, 0.29) is 57.1 Å². The van der Waals surface area contributed by atoms with Gasteiger partial charge in [-0.05, 0) is 6.07 Å². The van der Waals surface area contributed by atoms with E-state index in [1.54, 1.807) is 6.07 Å². The third-order valence-corrected chi connectivity index (χ3v) is 1.29. The molecule has 0 bridgehead atoms. The van der Waals surface area contributed by atoms with Gasteiger partial charge in [0.05, 0.1) is 0 Å². The average molecular weight is 211 g/mol. The molecule has 0 aromatic heterocycles. The zero-order chi connectivity index (χ0) is 5.98. The molecule has 0 amide bonds. The predicted octanol–water partition coefficient (Wildman–Crippen LogP) is -1.47. The van der Waals surface area contributed by atoms with Crippen LogP contribution in [0.25, 0.3) is 0 Å². The van der Waals surface area contributed by atoms with Crippen LogP contribution >= 0.6 is 15.9 Å². The van der Waals surface area contributed by atoms with Crippen molar-refractivity contribution in [1.29, 1.82) is 0 Å². The predicted molar refractivity (Wildman–Crippen MR) is 33.6 cm³/mol. The van der Waals surface area contributed by atoms with Crippen LogP contribution in [0.15, 0.2) is 28.7 Å². The van der Waals surface area contributed by atoms with Crippen LogP contribution in [0.4, 0.5) is 0 Å². The second-order valence-corrected chi connectivity index (χ2v) is 2.37. The van der Waals surface area contributed by atoms with E-state index in [2.05, 4.69) is 15.9 Å². The maximum atomic E-state index is 10.5. The summed E-state index contributed by atoms with van der Waals surface area (Å²) in [6, 6.07) is 6.58. The summed E-state index contributed by atoms with van der Waals surface area (Å²) in [5, 5.41) is 10.5. The van der Waals surface area contributed by atoms with Crippen molar-refractivity contribution in [2.75, 3.05) is 0 Å². The normalized spacial score (nSPS) is 8.11. The van der Waals surface area contributed by atoms with Crippen molar-refractivity contribution >= 4 is 15.9 Å². The number of benzene rings is 1. The van der Waals surface area contributed by atoms with Gasteiger partial charge in [0.15, 0.2) is 0 Å². The Balaban J connectivity index is 0.000000640. The number of rotatable bonds is 0. The summed E-state index contributed by atoms with van der Waals surface area (Å²) in [5.41, 5.74) is 0. The molecule has 0 saturated heterocycles. The summed E-state index contributed by atoms with van der Waals surface area (Å²) in [5.74, 6) is 0.0411. The van der Waals surface area contributed by atoms with Crippen molar-refractivity contribution in [2.24, 2.45) is 0 Å². The third-order valence-electron chi connectivity index (χ3n) is 0.796. The van der Waals surface area contributed by atoms with Crippen molar-refractivity contribution in [3.63, 3.8) is 0 Å². The van der Waals surface area contributed by atoms with Crippen molar-refractivity contribution in [3.8, 4) is 5.75 Å². The van der Waals surface area contributed by atoms with E-state index in [0.29, 0.717) is 0 Å². The van der Waals surface area contributed by atoms with Gasteiger partial charge >= 0.3 is 51.4 Å². The molecule has 3 heteroatoms. The van der Waals surface area contributed by atoms with Gasteiger partial charge in [0.2, 0.25) is 0 Å². The van der Waals surface area contributed by atoms with Crippen molar-refractivity contribution in [2.45, 2.75) is 0 Å². The van der Waals surface area contributed by atoms with Gasteiger partial charge in [-0.2, -0.15) is 0 Å². The molecule has 1 nitrogen and oxygen atoms in total. The molecule has 0 saturated carbocycles. The molecule has 0 N–H and O–H groups in total. The Bertz CT molecular complexity index is 173. The van der Waals surface area contributed by atoms with Gasteiger partial charge in [0.1, 0.15) is 0 Å². The van der Waals surface area contributed by atoms with E-state index < -0.39 is 0 Å². The van der Waals surface area contributed by atoms with Gasteiger partial charge in [-0.1, -0.05) is 34.1 Å². The Morgan fingerprint density at radius 3 is 2.33 bits per heavy atom. The van der Waals surface area contributed by atoms with Crippen LogP contribution < -0.4 is 56.5 Å². The Labute approximate surface area is 105 Å². The first kappa shape index (κ1) is 10.1. The molecule has 0 radical (unpaired) electrons. The van der Waals surface area contributed by atoms with Crippen LogP contribution in [-0.2, 0) is 0 Å². The maximum absolute atomic E-state index is 10.5. The first-order valence-corrected chi connectivity index (χ1v) is 3.01. The summed E-state index contributed by atoms with van der Waals surface area (Å²) in [6.45, 7) is 0. The van der Waals surface area contributed by atoms with Crippen LogP contribution in [0.5, 0.6) is 5.75 Å². The van der Waals surface area contributed by atoms with Crippen LogP contribution in [-0.4, -0.2) is 0 Å². The van der Waals surface area contributed by atoms with E-state index in [0.717, 1.165) is 4.47 Å². The molecule has 0 heterocycles. The largest absolute Gasteiger partial charge is 1.00 e. The second-order valence-electron chi connectivity index (χ2n) is 1.46. The van der Waals surface area contributed by atoms with E-state index in [9.17, 15) is 5.11 Å². The minimum Gasteiger partial charge on any atom is -0.872 e. The Morgan fingerprint density at radius 2 is 2.00 bits per heavy atom. The molecule has 0 fully saturated rings. The topological polar surface area (TPSA) is 23.1 Å². The van der Waals surface area contributed by atoms with E-state index in [1.807, 2.05) is 6.07 Å². The standard InChI is InChI=1S/C6H5BrO.K/c7-5-2-1-3-6(8)4-5;/h1-4,8H;/q;+1/p-1. The fraction of sp³-hybridized carbons (Fsp3) is 0. The fourth-order valence-corrected chi connectivity index (χ4v) is 0.845. The quantitative estimate of drug-likeness (QED) is 0.480. The van der Waals surface area contributed by atoms with Gasteiger partial charge in [-0.15, -0.1) is 5.75 Å². The summed E-state index contributed by atoms with van der Waals surface area (Å²) < 4.78 is 0.838. The van der Waals surface area contributed by atoms with Gasteiger partial charge in [-0.25, -0.2) is 0 Å². The van der Waals surface area contributed by atoms with Gasteiger partial charge < -0.3 is 5.11 Å². The summed E-state index contributed by atoms with van der Waals surface area (Å²) in [4.78, 5) is 0. The fourth-order valence-electron chi connectivity index (χ4n) is 0.467. The molecule has 9 heavy (non-hydrogen) atoms. The SMILES string of the molecule is [K+].[O-]c1cccc(Br)c1. The Morgan fingerprint density at radius 1 is 1.33 bits per heavy atom. The molecule has 1 aromatic rings.